The van der Waals surface area contributed by atoms with Gasteiger partial charge in [-0.05, 0) is 31.2 Å². The van der Waals surface area contributed by atoms with Crippen LogP contribution in [0.3, 0.4) is 0 Å². The summed E-state index contributed by atoms with van der Waals surface area (Å²) < 4.78 is 1.73. The van der Waals surface area contributed by atoms with E-state index in [9.17, 15) is 4.79 Å². The van der Waals surface area contributed by atoms with Crippen LogP contribution >= 0.6 is 23.2 Å². The van der Waals surface area contributed by atoms with Crippen LogP contribution in [0.25, 0.3) is 5.82 Å². The Bertz CT molecular complexity index is 1010. The molecular formula is C19H18Cl2N6O. The minimum atomic E-state index is -0.0864. The molecular weight excluding hydrogens is 399 g/mol. The van der Waals surface area contributed by atoms with E-state index in [1.807, 2.05) is 25.3 Å². The molecule has 2 aromatic heterocycles. The second-order valence-corrected chi connectivity index (χ2v) is 7.38. The van der Waals surface area contributed by atoms with Gasteiger partial charge in [-0.25, -0.2) is 14.6 Å². The van der Waals surface area contributed by atoms with Gasteiger partial charge in [-0.1, -0.05) is 23.2 Å². The van der Waals surface area contributed by atoms with E-state index in [4.69, 9.17) is 23.2 Å². The van der Waals surface area contributed by atoms with Crippen molar-refractivity contribution >= 4 is 34.9 Å². The lowest BCUT2D eigenvalue weighted by Crippen LogP contribution is -2.49. The van der Waals surface area contributed by atoms with E-state index in [2.05, 4.69) is 20.0 Å². The third-order valence-corrected chi connectivity index (χ3v) is 5.20. The zero-order valence-corrected chi connectivity index (χ0v) is 16.7. The Morgan fingerprint density at radius 2 is 1.75 bits per heavy atom. The van der Waals surface area contributed by atoms with Gasteiger partial charge < -0.3 is 9.80 Å². The third kappa shape index (κ3) is 3.81. The first-order chi connectivity index (χ1) is 13.5. The van der Waals surface area contributed by atoms with Crippen LogP contribution in [-0.4, -0.2) is 56.7 Å². The predicted octanol–water partition coefficient (Wildman–Crippen LogP) is 3.24. The van der Waals surface area contributed by atoms with Gasteiger partial charge in [0, 0.05) is 43.5 Å². The number of hydrogen-bond donors (Lipinski definition) is 0. The van der Waals surface area contributed by atoms with Gasteiger partial charge in [0.05, 0.1) is 16.3 Å². The molecule has 4 rings (SSSR count). The molecule has 0 aliphatic carbocycles. The molecule has 28 heavy (non-hydrogen) atoms. The first-order valence-electron chi connectivity index (χ1n) is 8.85. The van der Waals surface area contributed by atoms with Crippen molar-refractivity contribution in [2.75, 3.05) is 31.1 Å². The van der Waals surface area contributed by atoms with E-state index in [1.54, 1.807) is 27.8 Å². The maximum absolute atomic E-state index is 12.8. The number of carbonyl (C=O) groups excluding carboxylic acids is 1. The Morgan fingerprint density at radius 1 is 1.00 bits per heavy atom. The maximum Gasteiger partial charge on any atom is 0.255 e. The second kappa shape index (κ2) is 7.77. The predicted molar refractivity (Wildman–Crippen MR) is 108 cm³/mol. The molecule has 144 valence electrons. The topological polar surface area (TPSA) is 67.2 Å². The van der Waals surface area contributed by atoms with Gasteiger partial charge in [-0.15, -0.1) is 0 Å². The van der Waals surface area contributed by atoms with Crippen molar-refractivity contribution in [3.8, 4) is 5.82 Å². The van der Waals surface area contributed by atoms with Crippen molar-refractivity contribution in [1.29, 1.82) is 0 Å². The molecule has 0 spiro atoms. The van der Waals surface area contributed by atoms with Gasteiger partial charge in [0.1, 0.15) is 12.1 Å². The Morgan fingerprint density at radius 3 is 2.43 bits per heavy atom. The number of amides is 1. The van der Waals surface area contributed by atoms with Gasteiger partial charge in [-0.3, -0.25) is 4.79 Å². The summed E-state index contributed by atoms with van der Waals surface area (Å²) in [6.45, 7) is 4.44. The zero-order chi connectivity index (χ0) is 19.7. The van der Waals surface area contributed by atoms with Crippen LogP contribution < -0.4 is 4.90 Å². The molecule has 1 amide bonds. The van der Waals surface area contributed by atoms with Crippen LogP contribution in [0.15, 0.2) is 42.9 Å². The summed E-state index contributed by atoms with van der Waals surface area (Å²) in [6.07, 6.45) is 3.40. The first kappa shape index (κ1) is 18.7. The number of aryl methyl sites for hydroxylation is 1. The monoisotopic (exact) mass is 416 g/mol. The number of benzene rings is 1. The lowest BCUT2D eigenvalue weighted by Gasteiger charge is -2.35. The fourth-order valence-corrected chi connectivity index (χ4v) is 3.64. The SMILES string of the molecule is Cc1ccn(-c2cc(N3CCN(C(=O)c4ccc(Cl)cc4Cl)CC3)ncn2)n1. The van der Waals surface area contributed by atoms with Crippen molar-refractivity contribution in [1.82, 2.24) is 24.6 Å². The number of anilines is 1. The Labute approximate surface area is 172 Å². The third-order valence-electron chi connectivity index (χ3n) is 4.65. The fraction of sp³-hybridized carbons (Fsp3) is 0.263. The standard InChI is InChI=1S/C19H18Cl2N6O/c1-13-4-5-27(24-13)18-11-17(22-12-23-18)25-6-8-26(9-7-25)19(28)15-3-2-14(20)10-16(15)21/h2-5,10-12H,6-9H2,1H3. The number of piperazine rings is 1. The van der Waals surface area contributed by atoms with Crippen LogP contribution in [0.1, 0.15) is 16.1 Å². The molecule has 1 aromatic carbocycles. The zero-order valence-electron chi connectivity index (χ0n) is 15.2. The van der Waals surface area contributed by atoms with E-state index < -0.39 is 0 Å². The van der Waals surface area contributed by atoms with Gasteiger partial charge in [0.25, 0.3) is 5.91 Å². The van der Waals surface area contributed by atoms with Crippen LogP contribution in [0, 0.1) is 6.92 Å². The van der Waals surface area contributed by atoms with Crippen molar-refractivity contribution < 1.29 is 4.79 Å². The van der Waals surface area contributed by atoms with E-state index in [1.165, 1.54) is 6.33 Å². The van der Waals surface area contributed by atoms with Crippen molar-refractivity contribution in [2.24, 2.45) is 0 Å². The molecule has 1 aliphatic heterocycles. The fourth-order valence-electron chi connectivity index (χ4n) is 3.15. The highest BCUT2D eigenvalue weighted by Gasteiger charge is 2.24. The Hall–Kier alpha value is -2.64. The van der Waals surface area contributed by atoms with Gasteiger partial charge in [0.2, 0.25) is 0 Å². The second-order valence-electron chi connectivity index (χ2n) is 6.54. The van der Waals surface area contributed by atoms with E-state index in [-0.39, 0.29) is 5.91 Å². The summed E-state index contributed by atoms with van der Waals surface area (Å²) in [7, 11) is 0. The number of aromatic nitrogens is 4. The highest BCUT2D eigenvalue weighted by atomic mass is 35.5. The molecule has 0 N–H and O–H groups in total. The van der Waals surface area contributed by atoms with Crippen LogP contribution in [-0.2, 0) is 0 Å². The summed E-state index contributed by atoms with van der Waals surface area (Å²) in [5, 5.41) is 5.27. The first-order valence-corrected chi connectivity index (χ1v) is 9.61. The smallest absolute Gasteiger partial charge is 0.255 e. The van der Waals surface area contributed by atoms with Crippen LogP contribution in [0.5, 0.6) is 0 Å². The maximum atomic E-state index is 12.8. The minimum Gasteiger partial charge on any atom is -0.353 e. The highest BCUT2D eigenvalue weighted by Crippen LogP contribution is 2.23. The van der Waals surface area contributed by atoms with Gasteiger partial charge in [-0.2, -0.15) is 5.10 Å². The van der Waals surface area contributed by atoms with E-state index >= 15 is 0 Å². The molecule has 0 bridgehead atoms. The average molecular weight is 417 g/mol. The molecule has 9 heteroatoms. The molecule has 1 saturated heterocycles. The Balaban J connectivity index is 1.45. The lowest BCUT2D eigenvalue weighted by atomic mass is 10.1. The van der Waals surface area contributed by atoms with Crippen molar-refractivity contribution in [2.45, 2.75) is 6.92 Å². The van der Waals surface area contributed by atoms with Gasteiger partial charge >= 0.3 is 0 Å². The molecule has 0 radical (unpaired) electrons. The van der Waals surface area contributed by atoms with E-state index in [0.29, 0.717) is 47.6 Å². The number of carbonyl (C=O) groups is 1. The summed E-state index contributed by atoms with van der Waals surface area (Å²) in [4.78, 5) is 25.4. The molecule has 3 aromatic rings. The highest BCUT2D eigenvalue weighted by molar-refractivity contribution is 6.36. The molecule has 3 heterocycles. The van der Waals surface area contributed by atoms with Gasteiger partial charge in [0.15, 0.2) is 5.82 Å². The molecule has 0 atom stereocenters. The summed E-state index contributed by atoms with van der Waals surface area (Å²) in [6, 6.07) is 8.76. The quantitative estimate of drug-likeness (QED) is 0.655. The van der Waals surface area contributed by atoms with Crippen LogP contribution in [0.4, 0.5) is 5.82 Å². The van der Waals surface area contributed by atoms with Crippen molar-refractivity contribution in [3.05, 3.63) is 64.2 Å². The number of hydrogen-bond acceptors (Lipinski definition) is 5. The average Bonchev–Trinajstić information content (AvgIpc) is 3.14. The minimum absolute atomic E-state index is 0.0864. The molecule has 0 unspecified atom stereocenters. The van der Waals surface area contributed by atoms with E-state index in [0.717, 1.165) is 11.5 Å². The molecule has 0 saturated carbocycles. The number of nitrogens with zero attached hydrogens (tertiary/aromatic N) is 6. The summed E-state index contributed by atoms with van der Waals surface area (Å²) in [5.41, 5.74) is 1.39. The molecule has 1 aliphatic rings. The number of halogens is 2. The number of rotatable bonds is 3. The Kier molecular flexibility index (Phi) is 5.19. The largest absolute Gasteiger partial charge is 0.353 e. The summed E-state index contributed by atoms with van der Waals surface area (Å²) >= 11 is 12.1. The van der Waals surface area contributed by atoms with Crippen molar-refractivity contribution in [3.63, 3.8) is 0 Å². The molecule has 1 fully saturated rings. The van der Waals surface area contributed by atoms with Crippen LogP contribution in [0.2, 0.25) is 10.0 Å². The molecule has 7 nitrogen and oxygen atoms in total. The summed E-state index contributed by atoms with van der Waals surface area (Å²) in [5.74, 6) is 1.44. The normalized spacial score (nSPS) is 14.4. The lowest BCUT2D eigenvalue weighted by molar-refractivity contribution is 0.0746.